The molecule has 1 rings (SSSR count). The van der Waals surface area contributed by atoms with Crippen LogP contribution in [0.5, 0.6) is 0 Å². The number of hydrogen-bond donors (Lipinski definition) is 1. The monoisotopic (exact) mass is 243 g/mol. The van der Waals surface area contributed by atoms with Gasteiger partial charge in [-0.3, -0.25) is 4.79 Å². The largest absolute Gasteiger partial charge is 0.469 e. The average Bonchev–Trinajstić information content (AvgIpc) is 2.32. The van der Waals surface area contributed by atoms with Crippen molar-refractivity contribution in [1.29, 1.82) is 0 Å². The van der Waals surface area contributed by atoms with E-state index in [9.17, 15) is 13.6 Å². The maximum absolute atomic E-state index is 13.3. The lowest BCUT2D eigenvalue weighted by Crippen LogP contribution is -2.24. The summed E-state index contributed by atoms with van der Waals surface area (Å²) < 4.78 is 30.7. The fraction of sp³-hybridized carbons (Fsp3) is 0.417. The van der Waals surface area contributed by atoms with Gasteiger partial charge in [0.15, 0.2) is 11.6 Å². The minimum absolute atomic E-state index is 0.175. The molecule has 0 bridgehead atoms. The van der Waals surface area contributed by atoms with Crippen molar-refractivity contribution in [3.8, 4) is 0 Å². The highest BCUT2D eigenvalue weighted by molar-refractivity contribution is 5.69. The molecule has 0 aliphatic heterocycles. The van der Waals surface area contributed by atoms with E-state index in [1.807, 2.05) is 0 Å². The van der Waals surface area contributed by atoms with Crippen LogP contribution in [-0.4, -0.2) is 19.1 Å². The number of carbonyl (C=O) groups is 1. The number of hydrogen-bond acceptors (Lipinski definition) is 3. The molecular weight excluding hydrogens is 228 g/mol. The lowest BCUT2D eigenvalue weighted by molar-refractivity contribution is -0.140. The Morgan fingerprint density at radius 3 is 2.82 bits per heavy atom. The van der Waals surface area contributed by atoms with Crippen molar-refractivity contribution in [2.24, 2.45) is 5.73 Å². The van der Waals surface area contributed by atoms with Crippen LogP contribution in [0.1, 0.15) is 18.4 Å². The Bertz CT molecular complexity index is 396. The van der Waals surface area contributed by atoms with Gasteiger partial charge in [-0.2, -0.15) is 0 Å². The van der Waals surface area contributed by atoms with Crippen LogP contribution < -0.4 is 5.73 Å². The minimum atomic E-state index is -0.886. The Morgan fingerprint density at radius 1 is 1.47 bits per heavy atom. The van der Waals surface area contributed by atoms with Gasteiger partial charge in [0.2, 0.25) is 0 Å². The van der Waals surface area contributed by atoms with E-state index in [2.05, 4.69) is 4.74 Å². The van der Waals surface area contributed by atoms with E-state index in [1.54, 1.807) is 0 Å². The number of benzene rings is 1. The molecule has 0 radical (unpaired) electrons. The van der Waals surface area contributed by atoms with Crippen LogP contribution in [0.25, 0.3) is 0 Å². The van der Waals surface area contributed by atoms with Crippen molar-refractivity contribution in [2.45, 2.75) is 25.3 Å². The molecule has 0 saturated heterocycles. The topological polar surface area (TPSA) is 52.3 Å². The van der Waals surface area contributed by atoms with Gasteiger partial charge in [0.25, 0.3) is 0 Å². The number of nitrogens with two attached hydrogens (primary N) is 1. The number of esters is 1. The third-order valence-corrected chi connectivity index (χ3v) is 2.46. The van der Waals surface area contributed by atoms with Gasteiger partial charge in [-0.1, -0.05) is 12.1 Å². The highest BCUT2D eigenvalue weighted by atomic mass is 19.2. The predicted molar refractivity (Wildman–Crippen MR) is 59.3 cm³/mol. The van der Waals surface area contributed by atoms with Gasteiger partial charge >= 0.3 is 5.97 Å². The quantitative estimate of drug-likeness (QED) is 0.802. The Labute approximate surface area is 98.6 Å². The zero-order valence-electron chi connectivity index (χ0n) is 9.58. The molecular formula is C12H15F2NO2. The molecule has 2 N–H and O–H groups in total. The summed E-state index contributed by atoms with van der Waals surface area (Å²) in [4.78, 5) is 10.9. The standard InChI is InChI=1S/C12H15F2NO2/c1-17-11(16)6-5-9(15)7-8-3-2-4-10(13)12(8)14/h2-4,9H,5-7,15H2,1H3. The van der Waals surface area contributed by atoms with Crippen molar-refractivity contribution in [2.75, 3.05) is 7.11 Å². The van der Waals surface area contributed by atoms with Gasteiger partial charge in [-0.05, 0) is 24.5 Å². The van der Waals surface area contributed by atoms with Crippen LogP contribution in [0.3, 0.4) is 0 Å². The first-order valence-electron chi connectivity index (χ1n) is 5.30. The van der Waals surface area contributed by atoms with Gasteiger partial charge in [0.05, 0.1) is 7.11 Å². The third-order valence-electron chi connectivity index (χ3n) is 2.46. The fourth-order valence-corrected chi connectivity index (χ4v) is 1.50. The lowest BCUT2D eigenvalue weighted by atomic mass is 10.0. The first-order chi connectivity index (χ1) is 8.04. The summed E-state index contributed by atoms with van der Waals surface area (Å²) in [7, 11) is 1.29. The van der Waals surface area contributed by atoms with Crippen molar-refractivity contribution in [1.82, 2.24) is 0 Å². The molecule has 1 aromatic rings. The number of halogens is 2. The van der Waals surface area contributed by atoms with E-state index in [-0.39, 0.29) is 24.4 Å². The second-order valence-electron chi connectivity index (χ2n) is 3.79. The predicted octanol–water partition coefficient (Wildman–Crippen LogP) is 1.79. The normalized spacial score (nSPS) is 12.2. The molecule has 0 amide bonds. The maximum Gasteiger partial charge on any atom is 0.305 e. The average molecular weight is 243 g/mol. The van der Waals surface area contributed by atoms with Crippen LogP contribution in [0, 0.1) is 11.6 Å². The van der Waals surface area contributed by atoms with E-state index >= 15 is 0 Å². The Hall–Kier alpha value is -1.49. The highest BCUT2D eigenvalue weighted by Gasteiger charge is 2.12. The summed E-state index contributed by atoms with van der Waals surface area (Å²) in [5.41, 5.74) is 5.96. The summed E-state index contributed by atoms with van der Waals surface area (Å²) in [6, 6.07) is 3.57. The molecule has 1 aromatic carbocycles. The first kappa shape index (κ1) is 13.6. The van der Waals surface area contributed by atoms with Crippen molar-refractivity contribution in [3.05, 3.63) is 35.4 Å². The summed E-state index contributed by atoms with van der Waals surface area (Å²) in [5, 5.41) is 0. The van der Waals surface area contributed by atoms with E-state index < -0.39 is 17.7 Å². The molecule has 1 atom stereocenters. The lowest BCUT2D eigenvalue weighted by Gasteiger charge is -2.11. The number of rotatable bonds is 5. The SMILES string of the molecule is COC(=O)CCC(N)Cc1cccc(F)c1F. The molecule has 1 unspecified atom stereocenters. The van der Waals surface area contributed by atoms with Gasteiger partial charge < -0.3 is 10.5 Å². The molecule has 3 nitrogen and oxygen atoms in total. The van der Waals surface area contributed by atoms with E-state index in [0.717, 1.165) is 6.07 Å². The Kier molecular flexibility index (Phi) is 5.03. The number of carbonyl (C=O) groups excluding carboxylic acids is 1. The minimum Gasteiger partial charge on any atom is -0.469 e. The Balaban J connectivity index is 2.53. The zero-order valence-corrected chi connectivity index (χ0v) is 9.58. The van der Waals surface area contributed by atoms with Crippen molar-refractivity contribution in [3.63, 3.8) is 0 Å². The molecule has 0 saturated carbocycles. The smallest absolute Gasteiger partial charge is 0.305 e. The highest BCUT2D eigenvalue weighted by Crippen LogP contribution is 2.14. The second-order valence-corrected chi connectivity index (χ2v) is 3.79. The van der Waals surface area contributed by atoms with Gasteiger partial charge in [0, 0.05) is 12.5 Å². The van der Waals surface area contributed by atoms with Gasteiger partial charge in [0.1, 0.15) is 0 Å². The van der Waals surface area contributed by atoms with Gasteiger partial charge in [-0.15, -0.1) is 0 Å². The van der Waals surface area contributed by atoms with Crippen LogP contribution in [-0.2, 0) is 16.0 Å². The molecule has 0 aliphatic rings. The maximum atomic E-state index is 13.3. The van der Waals surface area contributed by atoms with Crippen molar-refractivity contribution >= 4 is 5.97 Å². The van der Waals surface area contributed by atoms with Crippen LogP contribution in [0.15, 0.2) is 18.2 Å². The third kappa shape index (κ3) is 4.11. The molecule has 0 fully saturated rings. The summed E-state index contributed by atoms with van der Waals surface area (Å²) >= 11 is 0. The van der Waals surface area contributed by atoms with Crippen LogP contribution >= 0.6 is 0 Å². The first-order valence-corrected chi connectivity index (χ1v) is 5.30. The molecule has 5 heteroatoms. The summed E-state index contributed by atoms with van der Waals surface area (Å²) in [6.07, 6.45) is 0.748. The molecule has 0 spiro atoms. The summed E-state index contributed by atoms with van der Waals surface area (Å²) in [5.74, 6) is -2.12. The van der Waals surface area contributed by atoms with Gasteiger partial charge in [-0.25, -0.2) is 8.78 Å². The molecule has 0 aliphatic carbocycles. The van der Waals surface area contributed by atoms with E-state index in [1.165, 1.54) is 19.2 Å². The molecule has 0 aromatic heterocycles. The molecule has 94 valence electrons. The number of methoxy groups -OCH3 is 1. The van der Waals surface area contributed by atoms with Crippen LogP contribution in [0.2, 0.25) is 0 Å². The molecule has 17 heavy (non-hydrogen) atoms. The van der Waals surface area contributed by atoms with E-state index in [4.69, 9.17) is 5.73 Å². The second kappa shape index (κ2) is 6.30. The Morgan fingerprint density at radius 2 is 2.18 bits per heavy atom. The molecule has 0 heterocycles. The number of ether oxygens (including phenoxy) is 1. The van der Waals surface area contributed by atoms with Crippen LogP contribution in [0.4, 0.5) is 8.78 Å². The zero-order chi connectivity index (χ0) is 12.8. The summed E-state index contributed by atoms with van der Waals surface area (Å²) in [6.45, 7) is 0. The van der Waals surface area contributed by atoms with E-state index in [0.29, 0.717) is 6.42 Å². The fourth-order valence-electron chi connectivity index (χ4n) is 1.50. The van der Waals surface area contributed by atoms with Crippen molar-refractivity contribution < 1.29 is 18.3 Å².